The van der Waals surface area contributed by atoms with Crippen LogP contribution in [0.2, 0.25) is 0 Å². The molecule has 0 fully saturated rings. The van der Waals surface area contributed by atoms with Crippen LogP contribution in [0.1, 0.15) is 31.4 Å². The Labute approximate surface area is 120 Å². The molecule has 1 amide bonds. The van der Waals surface area contributed by atoms with Gasteiger partial charge in [0.25, 0.3) is 5.91 Å². The maximum atomic E-state index is 12.3. The summed E-state index contributed by atoms with van der Waals surface area (Å²) in [6.45, 7) is 5.94. The predicted molar refractivity (Wildman–Crippen MR) is 81.4 cm³/mol. The highest BCUT2D eigenvalue weighted by Gasteiger charge is 2.31. The van der Waals surface area contributed by atoms with E-state index in [-0.39, 0.29) is 12.5 Å². The Balaban J connectivity index is 3.06. The number of methoxy groups -OCH3 is 1. The number of rotatable bonds is 4. The van der Waals surface area contributed by atoms with Crippen LogP contribution in [0.15, 0.2) is 18.2 Å². The van der Waals surface area contributed by atoms with Crippen LogP contribution < -0.4 is 11.1 Å². The number of nitrogens with two attached hydrogens (primary N) is 1. The third-order valence-electron chi connectivity index (χ3n) is 3.35. The van der Waals surface area contributed by atoms with E-state index < -0.39 is 5.60 Å². The highest BCUT2D eigenvalue weighted by Crippen LogP contribution is 2.21. The molecule has 0 aliphatic carbocycles. The van der Waals surface area contributed by atoms with Gasteiger partial charge < -0.3 is 15.8 Å². The van der Waals surface area contributed by atoms with Gasteiger partial charge in [-0.3, -0.25) is 4.79 Å². The molecule has 4 nitrogen and oxygen atoms in total. The van der Waals surface area contributed by atoms with Crippen LogP contribution in [0.3, 0.4) is 0 Å². The van der Waals surface area contributed by atoms with E-state index in [0.29, 0.717) is 12.1 Å². The third kappa shape index (κ3) is 3.83. The molecule has 0 saturated heterocycles. The molecule has 0 heterocycles. The summed E-state index contributed by atoms with van der Waals surface area (Å²) in [7, 11) is 1.54. The number of amides is 1. The predicted octanol–water partition coefficient (Wildman–Crippen LogP) is 2.06. The number of nitrogens with one attached hydrogen (secondary N) is 1. The first-order valence-electron chi connectivity index (χ1n) is 6.63. The minimum atomic E-state index is -0.844. The van der Waals surface area contributed by atoms with E-state index >= 15 is 0 Å². The number of anilines is 1. The topological polar surface area (TPSA) is 64.3 Å². The van der Waals surface area contributed by atoms with Gasteiger partial charge in [0.05, 0.1) is 12.2 Å². The Bertz CT molecular complexity index is 537. The molecule has 4 heteroatoms. The van der Waals surface area contributed by atoms with E-state index in [4.69, 9.17) is 10.5 Å². The van der Waals surface area contributed by atoms with Crippen molar-refractivity contribution in [2.45, 2.75) is 32.8 Å². The van der Waals surface area contributed by atoms with Gasteiger partial charge >= 0.3 is 0 Å². The van der Waals surface area contributed by atoms with Crippen LogP contribution in [0.4, 0.5) is 5.69 Å². The standard InChI is InChI=1S/C16H22N2O2/c1-5-16(3,20-4)15(19)18-14-9-8-12(2)11-13(14)7-6-10-17/h8-9,11H,5,10,17H2,1-4H3,(H,18,19). The zero-order chi connectivity index (χ0) is 15.2. The van der Waals surface area contributed by atoms with E-state index in [1.807, 2.05) is 32.0 Å². The number of ether oxygens (including phenoxy) is 1. The molecule has 0 aromatic heterocycles. The number of hydrogen-bond acceptors (Lipinski definition) is 3. The molecule has 1 unspecified atom stereocenters. The normalized spacial score (nSPS) is 13.1. The van der Waals surface area contributed by atoms with Gasteiger partial charge in [0.1, 0.15) is 5.60 Å². The van der Waals surface area contributed by atoms with Crippen LogP contribution in [0.25, 0.3) is 0 Å². The van der Waals surface area contributed by atoms with Crippen molar-refractivity contribution in [1.29, 1.82) is 0 Å². The van der Waals surface area contributed by atoms with Crippen LogP contribution in [0.5, 0.6) is 0 Å². The number of carbonyl (C=O) groups excluding carboxylic acids is 1. The molecule has 0 bridgehead atoms. The number of aryl methyl sites for hydroxylation is 1. The summed E-state index contributed by atoms with van der Waals surface area (Å²) in [5.41, 5.74) is 7.07. The largest absolute Gasteiger partial charge is 0.369 e. The van der Waals surface area contributed by atoms with Crippen LogP contribution in [0, 0.1) is 18.8 Å². The smallest absolute Gasteiger partial charge is 0.256 e. The van der Waals surface area contributed by atoms with Crippen LogP contribution >= 0.6 is 0 Å². The van der Waals surface area contributed by atoms with E-state index in [0.717, 1.165) is 11.1 Å². The van der Waals surface area contributed by atoms with Gasteiger partial charge in [0.2, 0.25) is 0 Å². The summed E-state index contributed by atoms with van der Waals surface area (Å²) in [5, 5.41) is 2.88. The van der Waals surface area contributed by atoms with E-state index in [1.54, 1.807) is 6.92 Å². The highest BCUT2D eigenvalue weighted by atomic mass is 16.5. The molecule has 1 rings (SSSR count). The maximum absolute atomic E-state index is 12.3. The Morgan fingerprint density at radius 2 is 2.20 bits per heavy atom. The Morgan fingerprint density at radius 1 is 1.50 bits per heavy atom. The molecule has 0 saturated carbocycles. The molecule has 1 aromatic rings. The van der Waals surface area contributed by atoms with Gasteiger partial charge in [0, 0.05) is 12.7 Å². The zero-order valence-electron chi connectivity index (χ0n) is 12.5. The lowest BCUT2D eigenvalue weighted by Crippen LogP contribution is -2.41. The van der Waals surface area contributed by atoms with Crippen molar-refractivity contribution in [3.63, 3.8) is 0 Å². The SMILES string of the molecule is CCC(C)(OC)C(=O)Nc1ccc(C)cc1C#CCN. The first-order valence-corrected chi connectivity index (χ1v) is 6.63. The van der Waals surface area contributed by atoms with Crippen LogP contribution in [-0.4, -0.2) is 25.2 Å². The molecule has 0 aliphatic heterocycles. The number of carbonyl (C=O) groups is 1. The lowest BCUT2D eigenvalue weighted by Gasteiger charge is -2.25. The Hall–Kier alpha value is -1.83. The molecule has 108 valence electrons. The quantitative estimate of drug-likeness (QED) is 0.826. The van der Waals surface area contributed by atoms with E-state index in [2.05, 4.69) is 17.2 Å². The summed E-state index contributed by atoms with van der Waals surface area (Å²) in [6.07, 6.45) is 0.588. The average molecular weight is 274 g/mol. The molecule has 0 radical (unpaired) electrons. The fourth-order valence-corrected chi connectivity index (χ4v) is 1.67. The molecule has 3 N–H and O–H groups in total. The number of benzene rings is 1. The number of hydrogen-bond donors (Lipinski definition) is 2. The van der Waals surface area contributed by atoms with E-state index in [9.17, 15) is 4.79 Å². The van der Waals surface area contributed by atoms with Gasteiger partial charge in [-0.25, -0.2) is 0 Å². The van der Waals surface area contributed by atoms with Gasteiger partial charge in [0.15, 0.2) is 0 Å². The van der Waals surface area contributed by atoms with Crippen molar-refractivity contribution >= 4 is 11.6 Å². The van der Waals surface area contributed by atoms with Gasteiger partial charge in [-0.2, -0.15) is 0 Å². The lowest BCUT2D eigenvalue weighted by molar-refractivity contribution is -0.136. The molecule has 1 atom stereocenters. The summed E-state index contributed by atoms with van der Waals surface area (Å²) < 4.78 is 5.30. The Morgan fingerprint density at radius 3 is 2.75 bits per heavy atom. The second-order valence-corrected chi connectivity index (χ2v) is 4.80. The summed E-state index contributed by atoms with van der Waals surface area (Å²) in [6, 6.07) is 5.70. The van der Waals surface area contributed by atoms with Crippen molar-refractivity contribution in [2.24, 2.45) is 5.73 Å². The zero-order valence-corrected chi connectivity index (χ0v) is 12.5. The van der Waals surface area contributed by atoms with Gasteiger partial charge in [-0.1, -0.05) is 24.8 Å². The third-order valence-corrected chi connectivity index (χ3v) is 3.35. The lowest BCUT2D eigenvalue weighted by atomic mass is 10.0. The first-order chi connectivity index (χ1) is 9.46. The monoisotopic (exact) mass is 274 g/mol. The summed E-state index contributed by atoms with van der Waals surface area (Å²) in [4.78, 5) is 12.3. The molecular formula is C16H22N2O2. The van der Waals surface area contributed by atoms with Crippen molar-refractivity contribution in [1.82, 2.24) is 0 Å². The second-order valence-electron chi connectivity index (χ2n) is 4.80. The van der Waals surface area contributed by atoms with Crippen molar-refractivity contribution in [3.8, 4) is 11.8 Å². The van der Waals surface area contributed by atoms with Crippen LogP contribution in [-0.2, 0) is 9.53 Å². The summed E-state index contributed by atoms with van der Waals surface area (Å²) in [5.74, 6) is 5.60. The first kappa shape index (κ1) is 16.2. The van der Waals surface area contributed by atoms with Gasteiger partial charge in [-0.05, 0) is 38.0 Å². The molecule has 20 heavy (non-hydrogen) atoms. The van der Waals surface area contributed by atoms with Gasteiger partial charge in [-0.15, -0.1) is 0 Å². The fraction of sp³-hybridized carbons (Fsp3) is 0.438. The molecule has 1 aromatic carbocycles. The van der Waals surface area contributed by atoms with E-state index in [1.165, 1.54) is 7.11 Å². The fourth-order valence-electron chi connectivity index (χ4n) is 1.67. The maximum Gasteiger partial charge on any atom is 0.256 e. The molecular weight excluding hydrogens is 252 g/mol. The highest BCUT2D eigenvalue weighted by molar-refractivity contribution is 5.98. The molecule has 0 spiro atoms. The molecule has 0 aliphatic rings. The van der Waals surface area contributed by atoms with Crippen molar-refractivity contribution in [2.75, 3.05) is 19.0 Å². The van der Waals surface area contributed by atoms with Crippen molar-refractivity contribution < 1.29 is 9.53 Å². The van der Waals surface area contributed by atoms with Crippen molar-refractivity contribution in [3.05, 3.63) is 29.3 Å². The summed E-state index contributed by atoms with van der Waals surface area (Å²) >= 11 is 0. The minimum Gasteiger partial charge on any atom is -0.369 e. The minimum absolute atomic E-state index is 0.179. The average Bonchev–Trinajstić information content (AvgIpc) is 2.46. The Kier molecular flexibility index (Phi) is 5.75. The second kappa shape index (κ2) is 7.09.